The summed E-state index contributed by atoms with van der Waals surface area (Å²) < 4.78 is 3.34. The molecule has 12 heteroatoms. The van der Waals surface area contributed by atoms with Gasteiger partial charge in [-0.2, -0.15) is 0 Å². The van der Waals surface area contributed by atoms with Crippen LogP contribution in [0.1, 0.15) is 57.8 Å². The van der Waals surface area contributed by atoms with Crippen LogP contribution in [0.3, 0.4) is 0 Å². The summed E-state index contributed by atoms with van der Waals surface area (Å²) in [5.41, 5.74) is 18.4. The molecule has 0 spiro atoms. The maximum Gasteiger partial charge on any atom is 0.272 e. The second-order valence-corrected chi connectivity index (χ2v) is 11.2. The highest BCUT2D eigenvalue weighted by Crippen LogP contribution is 2.39. The molecule has 45 heavy (non-hydrogen) atoms. The Bertz CT molecular complexity index is 1640. The number of aromatic nitrogens is 2. The highest BCUT2D eigenvalue weighted by molar-refractivity contribution is 6.06. The van der Waals surface area contributed by atoms with Crippen molar-refractivity contribution in [1.82, 2.24) is 9.13 Å². The third-order valence-electron chi connectivity index (χ3n) is 7.66. The second-order valence-electron chi connectivity index (χ2n) is 11.2. The molecule has 0 aliphatic heterocycles. The van der Waals surface area contributed by atoms with Crippen LogP contribution in [0.25, 0.3) is 11.1 Å². The van der Waals surface area contributed by atoms with Gasteiger partial charge in [0.1, 0.15) is 11.4 Å². The molecule has 1 aliphatic carbocycles. The molecule has 4 aromatic rings. The Morgan fingerprint density at radius 3 is 1.44 bits per heavy atom. The van der Waals surface area contributed by atoms with Gasteiger partial charge in [0.05, 0.1) is 11.4 Å². The molecule has 0 fully saturated rings. The third kappa shape index (κ3) is 7.31. The zero-order valence-corrected chi connectivity index (χ0v) is 25.4. The van der Waals surface area contributed by atoms with Crippen molar-refractivity contribution < 1.29 is 19.2 Å². The van der Waals surface area contributed by atoms with Crippen LogP contribution < -0.4 is 32.7 Å². The molecule has 2 heterocycles. The van der Waals surface area contributed by atoms with Crippen LogP contribution >= 0.6 is 0 Å². The Labute approximate surface area is 261 Å². The number of benzene rings is 2. The Kier molecular flexibility index (Phi) is 9.45. The van der Waals surface area contributed by atoms with Crippen LogP contribution in [0, 0.1) is 0 Å². The van der Waals surface area contributed by atoms with Gasteiger partial charge in [0, 0.05) is 50.7 Å². The molecule has 0 saturated carbocycles. The van der Waals surface area contributed by atoms with Crippen molar-refractivity contribution in [3.63, 3.8) is 0 Å². The van der Waals surface area contributed by atoms with E-state index in [0.29, 0.717) is 79.3 Å². The van der Waals surface area contributed by atoms with E-state index in [4.69, 9.17) is 11.5 Å². The first-order chi connectivity index (χ1) is 21.6. The fourth-order valence-electron chi connectivity index (χ4n) is 5.45. The second kappa shape index (κ2) is 13.6. The molecule has 1 aliphatic rings. The molecule has 0 unspecified atom stereocenters. The first kappa shape index (κ1) is 31.2. The zero-order chi connectivity index (χ0) is 32.1. The van der Waals surface area contributed by atoms with Crippen molar-refractivity contribution in [2.45, 2.75) is 32.1 Å². The fourth-order valence-corrected chi connectivity index (χ4v) is 5.45. The van der Waals surface area contributed by atoms with E-state index < -0.39 is 0 Å². The quantitative estimate of drug-likeness (QED) is 0.125. The van der Waals surface area contributed by atoms with Crippen LogP contribution in [-0.4, -0.2) is 45.9 Å². The van der Waals surface area contributed by atoms with Crippen molar-refractivity contribution in [3.8, 4) is 11.1 Å². The molecule has 234 valence electrons. The SMILES string of the molecule is Cn1cc(NC(=O)CCCN)cc1C(=O)Nc1ccc2c(c1)Cc1cc(NC(=O)c3cc(NC(=O)CCCN)cn3C)ccc1-2. The predicted octanol–water partition coefficient (Wildman–Crippen LogP) is 3.79. The van der Waals surface area contributed by atoms with Crippen molar-refractivity contribution >= 4 is 46.4 Å². The topological polar surface area (TPSA) is 178 Å². The van der Waals surface area contributed by atoms with Gasteiger partial charge in [-0.1, -0.05) is 12.1 Å². The van der Waals surface area contributed by atoms with Crippen LogP contribution in [-0.2, 0) is 30.1 Å². The molecule has 4 amide bonds. The number of aryl methyl sites for hydroxylation is 2. The summed E-state index contributed by atoms with van der Waals surface area (Å²) >= 11 is 0. The van der Waals surface area contributed by atoms with Gasteiger partial charge in [0.25, 0.3) is 11.8 Å². The average Bonchev–Trinajstić information content (AvgIpc) is 3.67. The van der Waals surface area contributed by atoms with Crippen LogP contribution in [0.15, 0.2) is 60.9 Å². The summed E-state index contributed by atoms with van der Waals surface area (Å²) in [7, 11) is 3.50. The van der Waals surface area contributed by atoms with Crippen LogP contribution in [0.4, 0.5) is 22.7 Å². The van der Waals surface area contributed by atoms with Gasteiger partial charge in [-0.3, -0.25) is 19.2 Å². The van der Waals surface area contributed by atoms with Crippen molar-refractivity contribution in [3.05, 3.63) is 83.4 Å². The highest BCUT2D eigenvalue weighted by atomic mass is 16.2. The first-order valence-corrected chi connectivity index (χ1v) is 14.9. The minimum Gasteiger partial charge on any atom is -0.344 e. The van der Waals surface area contributed by atoms with Crippen molar-refractivity contribution in [2.24, 2.45) is 25.6 Å². The van der Waals surface area contributed by atoms with Gasteiger partial charge in [0.2, 0.25) is 11.8 Å². The molecule has 0 bridgehead atoms. The maximum absolute atomic E-state index is 13.1. The van der Waals surface area contributed by atoms with Crippen LogP contribution in [0.2, 0.25) is 0 Å². The number of rotatable bonds is 12. The van der Waals surface area contributed by atoms with Gasteiger partial charge in [-0.15, -0.1) is 0 Å². The lowest BCUT2D eigenvalue weighted by Crippen LogP contribution is -2.15. The van der Waals surface area contributed by atoms with E-state index >= 15 is 0 Å². The Hall–Kier alpha value is -5.20. The number of carbonyl (C=O) groups is 4. The van der Waals surface area contributed by atoms with E-state index in [-0.39, 0.29) is 23.6 Å². The number of anilines is 4. The lowest BCUT2D eigenvalue weighted by molar-refractivity contribution is -0.117. The average molecular weight is 611 g/mol. The number of nitrogens with two attached hydrogens (primary N) is 2. The molecular weight excluding hydrogens is 572 g/mol. The minimum atomic E-state index is -0.292. The summed E-state index contributed by atoms with van der Waals surface area (Å²) in [6.07, 6.45) is 5.87. The molecule has 2 aromatic heterocycles. The molecule has 0 atom stereocenters. The molecule has 8 N–H and O–H groups in total. The maximum atomic E-state index is 13.1. The van der Waals surface area contributed by atoms with Crippen molar-refractivity contribution in [1.29, 1.82) is 0 Å². The number of nitrogens with one attached hydrogen (secondary N) is 4. The summed E-state index contributed by atoms with van der Waals surface area (Å²) in [5.74, 6) is -0.876. The molecule has 0 saturated heterocycles. The van der Waals surface area contributed by atoms with Gasteiger partial charge in [-0.05, 0) is 91.0 Å². The molecule has 12 nitrogen and oxygen atoms in total. The van der Waals surface area contributed by atoms with Gasteiger partial charge in [-0.25, -0.2) is 0 Å². The number of fused-ring (bicyclic) bond motifs is 3. The first-order valence-electron chi connectivity index (χ1n) is 14.9. The Balaban J connectivity index is 1.22. The van der Waals surface area contributed by atoms with Gasteiger partial charge < -0.3 is 41.9 Å². The van der Waals surface area contributed by atoms with Gasteiger partial charge >= 0.3 is 0 Å². The number of hydrogen-bond donors (Lipinski definition) is 6. The van der Waals surface area contributed by atoms with E-state index in [0.717, 1.165) is 22.3 Å². The monoisotopic (exact) mass is 610 g/mol. The summed E-state index contributed by atoms with van der Waals surface area (Å²) in [6, 6.07) is 14.9. The lowest BCUT2D eigenvalue weighted by atomic mass is 10.0. The lowest BCUT2D eigenvalue weighted by Gasteiger charge is -2.09. The normalized spacial score (nSPS) is 11.5. The third-order valence-corrected chi connectivity index (χ3v) is 7.66. The number of amides is 4. The van der Waals surface area contributed by atoms with Gasteiger partial charge in [0.15, 0.2) is 0 Å². The minimum absolute atomic E-state index is 0.146. The predicted molar refractivity (Wildman–Crippen MR) is 175 cm³/mol. The Morgan fingerprint density at radius 2 is 1.04 bits per heavy atom. The molecular formula is C33H38N8O4. The number of hydrogen-bond acceptors (Lipinski definition) is 6. The van der Waals surface area contributed by atoms with E-state index in [1.54, 1.807) is 47.8 Å². The van der Waals surface area contributed by atoms with E-state index in [1.807, 2.05) is 36.4 Å². The molecule has 0 radical (unpaired) electrons. The number of nitrogens with zero attached hydrogens (tertiary/aromatic N) is 2. The zero-order valence-electron chi connectivity index (χ0n) is 25.4. The summed E-state index contributed by atoms with van der Waals surface area (Å²) in [5, 5.41) is 11.5. The smallest absolute Gasteiger partial charge is 0.272 e. The van der Waals surface area contributed by atoms with E-state index in [9.17, 15) is 19.2 Å². The molecule has 2 aromatic carbocycles. The largest absolute Gasteiger partial charge is 0.344 e. The molecule has 5 rings (SSSR count). The Morgan fingerprint density at radius 1 is 0.622 bits per heavy atom. The van der Waals surface area contributed by atoms with Crippen LogP contribution in [0.5, 0.6) is 0 Å². The van der Waals surface area contributed by atoms with E-state index in [1.165, 1.54) is 0 Å². The summed E-state index contributed by atoms with van der Waals surface area (Å²) in [6.45, 7) is 0.877. The highest BCUT2D eigenvalue weighted by Gasteiger charge is 2.21. The van der Waals surface area contributed by atoms with Crippen molar-refractivity contribution in [2.75, 3.05) is 34.4 Å². The fraction of sp³-hybridized carbons (Fsp3) is 0.273. The van der Waals surface area contributed by atoms with E-state index in [2.05, 4.69) is 21.3 Å². The standard InChI is InChI=1S/C33H38N8O4/c1-40-18-24(36-30(42)5-3-11-34)16-28(40)32(44)38-22-7-9-26-20(14-22)13-21-15-23(8-10-27(21)26)39-33(45)29-17-25(19-41(29)2)37-31(43)6-4-12-35/h7-10,14-19H,3-6,11-13,34-35H2,1-2H3,(H,36,42)(H,37,43)(H,38,44)(H,39,45). The summed E-state index contributed by atoms with van der Waals surface area (Å²) in [4.78, 5) is 50.3. The number of carbonyl (C=O) groups excluding carboxylic acids is 4.